The van der Waals surface area contributed by atoms with Crippen molar-refractivity contribution in [3.8, 4) is 11.5 Å². The van der Waals surface area contributed by atoms with Crippen molar-refractivity contribution in [2.75, 3.05) is 40.6 Å². The van der Waals surface area contributed by atoms with Crippen molar-refractivity contribution < 1.29 is 37.7 Å². The molecule has 0 saturated carbocycles. The molecule has 0 aliphatic rings. The second-order valence-electron chi connectivity index (χ2n) is 9.17. The Kier molecular flexibility index (Phi) is 17.2. The minimum atomic E-state index is -0.632. The highest BCUT2D eigenvalue weighted by atomic mass is 32.1. The fourth-order valence-corrected chi connectivity index (χ4v) is 4.48. The Bertz CT molecular complexity index is 1340. The van der Waals surface area contributed by atoms with E-state index in [1.54, 1.807) is 19.2 Å². The molecule has 3 rings (SSSR count). The Morgan fingerprint density at radius 1 is 1.05 bits per heavy atom. The van der Waals surface area contributed by atoms with Crippen LogP contribution in [-0.4, -0.2) is 64.1 Å². The molecule has 0 saturated heterocycles. The Hall–Kier alpha value is -4.03. The third kappa shape index (κ3) is 12.8. The molecule has 0 fully saturated rings. The molecule has 3 aromatic rings. The zero-order valence-corrected chi connectivity index (χ0v) is 26.4. The highest BCUT2D eigenvalue weighted by Crippen LogP contribution is 2.29. The number of hydrogen-bond donors (Lipinski definition) is 3. The molecule has 0 bridgehead atoms. The van der Waals surface area contributed by atoms with E-state index in [-0.39, 0.29) is 37.5 Å². The maximum absolute atomic E-state index is 13.4. The first-order chi connectivity index (χ1) is 20.6. The van der Waals surface area contributed by atoms with Gasteiger partial charge in [0.25, 0.3) is 5.91 Å². The van der Waals surface area contributed by atoms with Gasteiger partial charge in [0.2, 0.25) is 5.91 Å². The maximum atomic E-state index is 13.4. The van der Waals surface area contributed by atoms with Gasteiger partial charge in [0.05, 0.1) is 25.0 Å². The number of esters is 1. The summed E-state index contributed by atoms with van der Waals surface area (Å²) < 4.78 is 34.7. The van der Waals surface area contributed by atoms with E-state index < -0.39 is 11.8 Å². The summed E-state index contributed by atoms with van der Waals surface area (Å²) in [6.07, 6.45) is 0.914. The summed E-state index contributed by atoms with van der Waals surface area (Å²) >= 11 is 1.35. The monoisotopic (exact) mass is 619 g/mol. The molecule has 0 aliphatic heterocycles. The van der Waals surface area contributed by atoms with E-state index in [1.807, 2.05) is 39.1 Å². The van der Waals surface area contributed by atoms with Gasteiger partial charge in [-0.2, -0.15) is 0 Å². The van der Waals surface area contributed by atoms with Gasteiger partial charge in [-0.05, 0) is 30.2 Å². The molecule has 2 aromatic carbocycles. The topological polar surface area (TPSA) is 150 Å². The number of nitrogens with two attached hydrogens (primary N) is 1. The van der Waals surface area contributed by atoms with Crippen LogP contribution in [0.4, 0.5) is 4.39 Å². The summed E-state index contributed by atoms with van der Waals surface area (Å²) in [6.45, 7) is 8.42. The smallest absolute Gasteiger partial charge is 0.306 e. The molecule has 0 atom stereocenters. The molecule has 10 nitrogen and oxygen atoms in total. The van der Waals surface area contributed by atoms with Crippen molar-refractivity contribution in [1.29, 1.82) is 5.41 Å². The predicted molar refractivity (Wildman–Crippen MR) is 167 cm³/mol. The van der Waals surface area contributed by atoms with Crippen molar-refractivity contribution in [3.63, 3.8) is 0 Å². The number of nitrogens with one attached hydrogen (secondary N) is 2. The van der Waals surface area contributed by atoms with Crippen LogP contribution in [0.5, 0.6) is 11.5 Å². The van der Waals surface area contributed by atoms with Crippen LogP contribution < -0.4 is 20.5 Å². The van der Waals surface area contributed by atoms with Crippen LogP contribution in [0.1, 0.15) is 56.5 Å². The van der Waals surface area contributed by atoms with E-state index >= 15 is 0 Å². The zero-order valence-electron chi connectivity index (χ0n) is 25.6. The number of hydrogen-bond acceptors (Lipinski definition) is 9. The lowest BCUT2D eigenvalue weighted by Gasteiger charge is -2.12. The van der Waals surface area contributed by atoms with Crippen LogP contribution in [0, 0.1) is 17.1 Å². The molecule has 1 aromatic heterocycles. The highest BCUT2D eigenvalue weighted by molar-refractivity contribution is 7.17. The van der Waals surface area contributed by atoms with Crippen LogP contribution in [0.3, 0.4) is 0 Å². The predicted octanol–water partition coefficient (Wildman–Crippen LogP) is 5.35. The number of rotatable bonds is 14. The second-order valence-corrected chi connectivity index (χ2v) is 10.0. The summed E-state index contributed by atoms with van der Waals surface area (Å²) in [6, 6.07) is 9.55. The van der Waals surface area contributed by atoms with E-state index in [2.05, 4.69) is 5.32 Å². The van der Waals surface area contributed by atoms with Crippen molar-refractivity contribution in [2.45, 2.75) is 40.5 Å². The SMILES string of the molecule is CC.COCCC(=N)c1csc2c(F)cccc12.COc1cc(C(=O)NCC(N)=O)ccc1OCCOC(=O)CC(C)C. The van der Waals surface area contributed by atoms with E-state index in [4.69, 9.17) is 30.1 Å². The van der Waals surface area contributed by atoms with E-state index in [1.165, 1.54) is 36.6 Å². The minimum absolute atomic E-state index is 0.121. The van der Waals surface area contributed by atoms with E-state index in [0.29, 0.717) is 46.9 Å². The largest absolute Gasteiger partial charge is 0.493 e. The Balaban J connectivity index is 0.000000439. The van der Waals surface area contributed by atoms with Crippen molar-refractivity contribution in [1.82, 2.24) is 5.32 Å². The van der Waals surface area contributed by atoms with Crippen LogP contribution in [0.25, 0.3) is 10.1 Å². The van der Waals surface area contributed by atoms with Gasteiger partial charge < -0.3 is 35.4 Å². The quantitative estimate of drug-likeness (QED) is 0.125. The summed E-state index contributed by atoms with van der Waals surface area (Å²) in [5.41, 5.74) is 6.60. The molecule has 4 N–H and O–H groups in total. The summed E-state index contributed by atoms with van der Waals surface area (Å²) in [5, 5.41) is 13.0. The van der Waals surface area contributed by atoms with Crippen LogP contribution in [-0.2, 0) is 19.1 Å². The van der Waals surface area contributed by atoms with Crippen molar-refractivity contribution in [2.24, 2.45) is 11.7 Å². The van der Waals surface area contributed by atoms with Gasteiger partial charge in [-0.3, -0.25) is 14.4 Å². The maximum Gasteiger partial charge on any atom is 0.306 e. The van der Waals surface area contributed by atoms with Crippen molar-refractivity contribution >= 4 is 44.9 Å². The van der Waals surface area contributed by atoms with Crippen molar-refractivity contribution in [3.05, 3.63) is 58.7 Å². The molecule has 0 aliphatic carbocycles. The number of thiophene rings is 1. The number of ether oxygens (including phenoxy) is 4. The average Bonchev–Trinajstić information content (AvgIpc) is 3.43. The van der Waals surface area contributed by atoms with Gasteiger partial charge in [0.1, 0.15) is 19.0 Å². The van der Waals surface area contributed by atoms with Crippen LogP contribution in [0.15, 0.2) is 41.8 Å². The molecule has 0 unspecified atom stereocenters. The van der Waals surface area contributed by atoms with E-state index in [0.717, 1.165) is 10.9 Å². The molecule has 12 heteroatoms. The van der Waals surface area contributed by atoms with Gasteiger partial charge in [0.15, 0.2) is 11.5 Å². The molecule has 0 radical (unpaired) electrons. The first-order valence-corrected chi connectivity index (χ1v) is 14.7. The number of carbonyl (C=O) groups excluding carboxylic acids is 3. The molecule has 2 amide bonds. The molecule has 1 heterocycles. The zero-order chi connectivity index (χ0) is 32.4. The molecular weight excluding hydrogens is 577 g/mol. The van der Waals surface area contributed by atoms with E-state index in [9.17, 15) is 18.8 Å². The molecule has 236 valence electrons. The number of primary amides is 1. The number of benzene rings is 2. The number of carbonyl (C=O) groups is 3. The van der Waals surface area contributed by atoms with Gasteiger partial charge in [-0.1, -0.05) is 39.8 Å². The Morgan fingerprint density at radius 3 is 2.40 bits per heavy atom. The van der Waals surface area contributed by atoms with Gasteiger partial charge in [-0.15, -0.1) is 11.3 Å². The minimum Gasteiger partial charge on any atom is -0.493 e. The lowest BCUT2D eigenvalue weighted by atomic mass is 10.1. The Labute approximate surface area is 256 Å². The number of amides is 2. The first-order valence-electron chi connectivity index (χ1n) is 13.8. The summed E-state index contributed by atoms with van der Waals surface area (Å²) in [5.74, 6) is -0.574. The van der Waals surface area contributed by atoms with Gasteiger partial charge in [0, 0.05) is 47.6 Å². The molecule has 43 heavy (non-hydrogen) atoms. The normalized spacial score (nSPS) is 10.1. The molecule has 0 spiro atoms. The summed E-state index contributed by atoms with van der Waals surface area (Å²) in [4.78, 5) is 34.0. The third-order valence-electron chi connectivity index (χ3n) is 5.46. The lowest BCUT2D eigenvalue weighted by molar-refractivity contribution is -0.145. The van der Waals surface area contributed by atoms with Gasteiger partial charge >= 0.3 is 5.97 Å². The fraction of sp³-hybridized carbons (Fsp3) is 0.419. The fourth-order valence-electron chi connectivity index (χ4n) is 3.49. The number of fused-ring (bicyclic) bond motifs is 1. The highest BCUT2D eigenvalue weighted by Gasteiger charge is 2.13. The summed E-state index contributed by atoms with van der Waals surface area (Å²) in [7, 11) is 3.05. The average molecular weight is 620 g/mol. The third-order valence-corrected chi connectivity index (χ3v) is 6.47. The molecular formula is C31H42FN3O7S. The van der Waals surface area contributed by atoms with Crippen LogP contribution in [0.2, 0.25) is 0 Å². The number of methoxy groups -OCH3 is 2. The lowest BCUT2D eigenvalue weighted by Crippen LogP contribution is -2.33. The number of halogens is 1. The standard InChI is InChI=1S/C17H24N2O6.C12H12FNOS.C2H6/c1-11(2)8-16(21)25-7-6-24-13-5-4-12(9-14(13)23-3)17(22)19-10-15(18)20;1-15-6-5-11(14)9-7-16-12-8(9)3-2-4-10(12)13;1-2/h4-5,9,11H,6-8,10H2,1-3H3,(H2,18,20)(H,19,22);2-4,7,14H,5-6H2,1H3;1-2H3. The van der Waals surface area contributed by atoms with Gasteiger partial charge in [-0.25, -0.2) is 4.39 Å². The van der Waals surface area contributed by atoms with Crippen LogP contribution >= 0.6 is 11.3 Å². The Morgan fingerprint density at radius 2 is 1.77 bits per heavy atom. The first kappa shape index (κ1) is 37.0. The second kappa shape index (κ2) is 20.0.